The number of hydrogen-bond donors (Lipinski definition) is 1. The summed E-state index contributed by atoms with van der Waals surface area (Å²) in [5.74, 6) is 0.134. The van der Waals surface area contributed by atoms with Crippen molar-refractivity contribution in [3.8, 4) is 0 Å². The predicted molar refractivity (Wildman–Crippen MR) is 119 cm³/mol. The molecule has 152 valence electrons. The van der Waals surface area contributed by atoms with Crippen LogP contribution in [-0.4, -0.2) is 51.8 Å². The third-order valence-corrected chi connectivity index (χ3v) is 6.77. The van der Waals surface area contributed by atoms with Crippen molar-refractivity contribution in [1.29, 1.82) is 0 Å². The first-order chi connectivity index (χ1) is 14.1. The first-order valence-corrected chi connectivity index (χ1v) is 11.1. The lowest BCUT2D eigenvalue weighted by Gasteiger charge is -2.30. The standard InChI is InChI=1S/C22H26N4O2S/c1-3-19(21(28)25-11-9-23-10-12-25)29-22-24-18-14-16-8-6-5-7-15(16)13-17(18)20(27)26(22)4-2/h5-8,13-14,19,23H,3-4,9-12H2,1-2H3. The van der Waals surface area contributed by atoms with Crippen LogP contribution in [0.15, 0.2) is 46.3 Å². The monoisotopic (exact) mass is 410 g/mol. The summed E-state index contributed by atoms with van der Waals surface area (Å²) in [5.41, 5.74) is 0.639. The number of carbonyl (C=O) groups excluding carboxylic acids is 1. The van der Waals surface area contributed by atoms with Crippen LogP contribution in [0.4, 0.5) is 0 Å². The van der Waals surface area contributed by atoms with Gasteiger partial charge in [0, 0.05) is 32.7 Å². The van der Waals surface area contributed by atoms with E-state index in [0.717, 1.165) is 37.0 Å². The number of amides is 1. The van der Waals surface area contributed by atoms with Crippen molar-refractivity contribution in [3.63, 3.8) is 0 Å². The van der Waals surface area contributed by atoms with Crippen molar-refractivity contribution in [2.45, 2.75) is 37.2 Å². The first-order valence-electron chi connectivity index (χ1n) is 10.2. The molecule has 0 aliphatic carbocycles. The Morgan fingerprint density at radius 1 is 1.17 bits per heavy atom. The highest BCUT2D eigenvalue weighted by Gasteiger charge is 2.27. The lowest BCUT2D eigenvalue weighted by molar-refractivity contribution is -0.131. The molecule has 0 radical (unpaired) electrons. The Kier molecular flexibility index (Phi) is 5.87. The van der Waals surface area contributed by atoms with Crippen molar-refractivity contribution in [1.82, 2.24) is 19.8 Å². The van der Waals surface area contributed by atoms with Crippen molar-refractivity contribution < 1.29 is 4.79 Å². The van der Waals surface area contributed by atoms with Crippen LogP contribution in [-0.2, 0) is 11.3 Å². The van der Waals surface area contributed by atoms with Gasteiger partial charge in [-0.2, -0.15) is 0 Å². The fourth-order valence-corrected chi connectivity index (χ4v) is 4.94. The van der Waals surface area contributed by atoms with Gasteiger partial charge in [-0.15, -0.1) is 0 Å². The third kappa shape index (κ3) is 3.89. The maximum atomic E-state index is 13.2. The molecule has 3 aromatic rings. The van der Waals surface area contributed by atoms with E-state index in [1.54, 1.807) is 4.57 Å². The van der Waals surface area contributed by atoms with E-state index in [1.807, 2.05) is 55.1 Å². The molecule has 1 aliphatic heterocycles. The summed E-state index contributed by atoms with van der Waals surface area (Å²) in [7, 11) is 0. The number of nitrogens with zero attached hydrogens (tertiary/aromatic N) is 3. The van der Waals surface area contributed by atoms with E-state index >= 15 is 0 Å². The second-order valence-electron chi connectivity index (χ2n) is 7.25. The highest BCUT2D eigenvalue weighted by atomic mass is 32.2. The van der Waals surface area contributed by atoms with Crippen LogP contribution in [0, 0.1) is 0 Å². The number of rotatable bonds is 5. The zero-order valence-electron chi connectivity index (χ0n) is 16.9. The summed E-state index contributed by atoms with van der Waals surface area (Å²) in [6.45, 7) is 7.60. The molecule has 7 heteroatoms. The number of piperazine rings is 1. The number of hydrogen-bond acceptors (Lipinski definition) is 5. The largest absolute Gasteiger partial charge is 0.339 e. The SMILES string of the molecule is CCC(Sc1nc2cc3ccccc3cc2c(=O)n1CC)C(=O)N1CCNCC1. The molecule has 0 saturated carbocycles. The third-order valence-electron chi connectivity index (χ3n) is 5.43. The number of nitrogens with one attached hydrogen (secondary N) is 1. The summed E-state index contributed by atoms with van der Waals surface area (Å²) in [6.07, 6.45) is 0.697. The zero-order valence-corrected chi connectivity index (χ0v) is 17.7. The van der Waals surface area contributed by atoms with Gasteiger partial charge in [0.2, 0.25) is 5.91 Å². The lowest BCUT2D eigenvalue weighted by atomic mass is 10.1. The molecule has 0 bridgehead atoms. The molecule has 2 aromatic carbocycles. The fraction of sp³-hybridized carbons (Fsp3) is 0.409. The van der Waals surface area contributed by atoms with Gasteiger partial charge in [-0.1, -0.05) is 43.0 Å². The Morgan fingerprint density at radius 3 is 2.52 bits per heavy atom. The summed E-state index contributed by atoms with van der Waals surface area (Å²) >= 11 is 1.42. The van der Waals surface area contributed by atoms with E-state index in [2.05, 4.69) is 5.32 Å². The molecule has 1 saturated heterocycles. The molecule has 4 rings (SSSR count). The van der Waals surface area contributed by atoms with Crippen molar-refractivity contribution in [2.24, 2.45) is 0 Å². The topological polar surface area (TPSA) is 67.2 Å². The number of benzene rings is 2. The van der Waals surface area contributed by atoms with Gasteiger partial charge in [-0.05, 0) is 36.2 Å². The van der Waals surface area contributed by atoms with Gasteiger partial charge in [0.15, 0.2) is 5.16 Å². The molecule has 1 aliphatic rings. The van der Waals surface area contributed by atoms with Crippen molar-refractivity contribution >= 4 is 39.3 Å². The molecule has 1 fully saturated rings. The fourth-order valence-electron chi connectivity index (χ4n) is 3.78. The second-order valence-corrected chi connectivity index (χ2v) is 8.42. The summed E-state index contributed by atoms with van der Waals surface area (Å²) < 4.78 is 1.69. The van der Waals surface area contributed by atoms with Crippen molar-refractivity contribution in [2.75, 3.05) is 26.2 Å². The van der Waals surface area contributed by atoms with E-state index in [9.17, 15) is 9.59 Å². The van der Waals surface area contributed by atoms with E-state index in [1.165, 1.54) is 11.8 Å². The van der Waals surface area contributed by atoms with E-state index in [-0.39, 0.29) is 16.7 Å². The number of thioether (sulfide) groups is 1. The average molecular weight is 411 g/mol. The van der Waals surface area contributed by atoms with Gasteiger partial charge in [0.1, 0.15) is 0 Å². The second kappa shape index (κ2) is 8.55. The maximum Gasteiger partial charge on any atom is 0.262 e. The number of carbonyl (C=O) groups is 1. The summed E-state index contributed by atoms with van der Waals surface area (Å²) in [4.78, 5) is 32.9. The van der Waals surface area contributed by atoms with Crippen molar-refractivity contribution in [3.05, 3.63) is 46.8 Å². The molecule has 0 spiro atoms. The van der Waals surface area contributed by atoms with E-state index in [0.29, 0.717) is 29.0 Å². The molecule has 6 nitrogen and oxygen atoms in total. The molecule has 29 heavy (non-hydrogen) atoms. The highest BCUT2D eigenvalue weighted by Crippen LogP contribution is 2.27. The molecule has 1 N–H and O–H groups in total. The van der Waals surface area contributed by atoms with Gasteiger partial charge in [-0.3, -0.25) is 14.2 Å². The first kappa shape index (κ1) is 19.9. The van der Waals surface area contributed by atoms with Gasteiger partial charge in [-0.25, -0.2) is 4.98 Å². The van der Waals surface area contributed by atoms with Crippen LogP contribution in [0.25, 0.3) is 21.7 Å². The molecular weight excluding hydrogens is 384 g/mol. The summed E-state index contributed by atoms with van der Waals surface area (Å²) in [6, 6.07) is 11.9. The zero-order chi connectivity index (χ0) is 20.4. The Labute approximate surface area is 174 Å². The minimum Gasteiger partial charge on any atom is -0.339 e. The van der Waals surface area contributed by atoms with Gasteiger partial charge in [0.25, 0.3) is 5.56 Å². The smallest absolute Gasteiger partial charge is 0.262 e. The Hall–Kier alpha value is -2.38. The van der Waals surface area contributed by atoms with Crippen LogP contribution >= 0.6 is 11.8 Å². The van der Waals surface area contributed by atoms with Crippen LogP contribution in [0.2, 0.25) is 0 Å². The molecule has 1 atom stereocenters. The quantitative estimate of drug-likeness (QED) is 0.398. The van der Waals surface area contributed by atoms with Crippen LogP contribution in [0.3, 0.4) is 0 Å². The maximum absolute atomic E-state index is 13.2. The molecular formula is C22H26N4O2S. The molecule has 2 heterocycles. The normalized spacial score (nSPS) is 15.7. The van der Waals surface area contributed by atoms with Gasteiger partial charge in [0.05, 0.1) is 16.2 Å². The molecule has 1 unspecified atom stereocenters. The minimum atomic E-state index is -0.240. The predicted octanol–water partition coefficient (Wildman–Crippen LogP) is 2.87. The minimum absolute atomic E-state index is 0.0461. The number of fused-ring (bicyclic) bond motifs is 2. The lowest BCUT2D eigenvalue weighted by Crippen LogP contribution is -2.49. The number of aromatic nitrogens is 2. The molecule has 1 aromatic heterocycles. The summed E-state index contributed by atoms with van der Waals surface area (Å²) in [5, 5.41) is 6.37. The van der Waals surface area contributed by atoms with Crippen LogP contribution in [0.1, 0.15) is 20.3 Å². The van der Waals surface area contributed by atoms with Crippen LogP contribution in [0.5, 0.6) is 0 Å². The Bertz CT molecular complexity index is 1110. The Balaban J connectivity index is 1.74. The average Bonchev–Trinajstić information content (AvgIpc) is 2.76. The van der Waals surface area contributed by atoms with Gasteiger partial charge < -0.3 is 10.2 Å². The molecule has 1 amide bonds. The van der Waals surface area contributed by atoms with E-state index < -0.39 is 0 Å². The van der Waals surface area contributed by atoms with Crippen LogP contribution < -0.4 is 10.9 Å². The van der Waals surface area contributed by atoms with Gasteiger partial charge >= 0.3 is 0 Å². The highest BCUT2D eigenvalue weighted by molar-refractivity contribution is 8.00. The van der Waals surface area contributed by atoms with E-state index in [4.69, 9.17) is 4.98 Å². The Morgan fingerprint density at radius 2 is 1.86 bits per heavy atom.